The molecular weight excluding hydrogens is 376 g/mol. The molecule has 0 unspecified atom stereocenters. The number of benzene rings is 3. The largest absolute Gasteiger partial charge is 0.457 e. The molecule has 6 heteroatoms. The Bertz CT molecular complexity index is 1130. The van der Waals surface area contributed by atoms with Crippen LogP contribution >= 0.6 is 0 Å². The summed E-state index contributed by atoms with van der Waals surface area (Å²) in [5.74, 6) is 2.26. The summed E-state index contributed by atoms with van der Waals surface area (Å²) < 4.78 is 5.80. The standard InChI is InChI=1S/C24H20N4O2/c1-17-25-22(24(29)28-18-8-4-2-5-9-18)16-23(26-17)27-19-12-14-21(15-13-19)30-20-10-6-3-7-11-20/h2-16H,1H3,(H,28,29)(H,25,26,27). The predicted octanol–water partition coefficient (Wildman–Crippen LogP) is 5.57. The lowest BCUT2D eigenvalue weighted by atomic mass is 10.2. The van der Waals surface area contributed by atoms with Gasteiger partial charge in [-0.1, -0.05) is 36.4 Å². The number of hydrogen-bond donors (Lipinski definition) is 2. The second kappa shape index (κ2) is 8.87. The second-order valence-electron chi connectivity index (χ2n) is 6.57. The average molecular weight is 396 g/mol. The summed E-state index contributed by atoms with van der Waals surface area (Å²) in [6.07, 6.45) is 0. The molecule has 0 aliphatic rings. The quantitative estimate of drug-likeness (QED) is 0.445. The molecule has 0 aliphatic heterocycles. The van der Waals surface area contributed by atoms with Gasteiger partial charge in [0, 0.05) is 17.4 Å². The Hall–Kier alpha value is -4.19. The number of aromatic nitrogens is 2. The molecule has 4 aromatic rings. The summed E-state index contributed by atoms with van der Waals surface area (Å²) in [7, 11) is 0. The van der Waals surface area contributed by atoms with Crippen molar-refractivity contribution in [1.29, 1.82) is 0 Å². The van der Waals surface area contributed by atoms with Crippen molar-refractivity contribution in [3.63, 3.8) is 0 Å². The SMILES string of the molecule is Cc1nc(Nc2ccc(Oc3ccccc3)cc2)cc(C(=O)Nc2ccccc2)n1. The van der Waals surface area contributed by atoms with Crippen molar-refractivity contribution < 1.29 is 9.53 Å². The fourth-order valence-corrected chi connectivity index (χ4v) is 2.84. The van der Waals surface area contributed by atoms with Gasteiger partial charge in [-0.05, 0) is 55.5 Å². The molecular formula is C24H20N4O2. The molecule has 0 saturated carbocycles. The summed E-state index contributed by atoms with van der Waals surface area (Å²) in [5, 5.41) is 6.04. The van der Waals surface area contributed by atoms with E-state index < -0.39 is 0 Å². The topological polar surface area (TPSA) is 76.1 Å². The number of nitrogens with zero attached hydrogens (tertiary/aromatic N) is 2. The van der Waals surface area contributed by atoms with E-state index in [1.807, 2.05) is 84.9 Å². The minimum atomic E-state index is -0.290. The van der Waals surface area contributed by atoms with E-state index in [0.29, 0.717) is 17.3 Å². The van der Waals surface area contributed by atoms with Gasteiger partial charge in [0.25, 0.3) is 5.91 Å². The zero-order valence-corrected chi connectivity index (χ0v) is 16.4. The number of para-hydroxylation sites is 2. The number of carbonyl (C=O) groups excluding carboxylic acids is 1. The number of anilines is 3. The molecule has 1 heterocycles. The first-order valence-electron chi connectivity index (χ1n) is 9.48. The Balaban J connectivity index is 1.46. The van der Waals surface area contributed by atoms with Crippen LogP contribution in [0.1, 0.15) is 16.3 Å². The van der Waals surface area contributed by atoms with Crippen molar-refractivity contribution in [1.82, 2.24) is 9.97 Å². The maximum absolute atomic E-state index is 12.5. The fraction of sp³-hybridized carbons (Fsp3) is 0.0417. The van der Waals surface area contributed by atoms with Gasteiger partial charge in [0.05, 0.1) is 0 Å². The van der Waals surface area contributed by atoms with E-state index in [0.717, 1.165) is 17.2 Å². The Labute approximate surface area is 174 Å². The van der Waals surface area contributed by atoms with E-state index in [9.17, 15) is 4.79 Å². The molecule has 0 bridgehead atoms. The molecule has 1 aromatic heterocycles. The van der Waals surface area contributed by atoms with Gasteiger partial charge in [0.1, 0.15) is 28.8 Å². The van der Waals surface area contributed by atoms with Crippen molar-refractivity contribution in [3.8, 4) is 11.5 Å². The van der Waals surface area contributed by atoms with Crippen molar-refractivity contribution in [3.05, 3.63) is 103 Å². The summed E-state index contributed by atoms with van der Waals surface area (Å²) in [6.45, 7) is 1.75. The van der Waals surface area contributed by atoms with E-state index in [1.54, 1.807) is 13.0 Å². The molecule has 3 aromatic carbocycles. The van der Waals surface area contributed by atoms with Crippen LogP contribution in [0.3, 0.4) is 0 Å². The molecule has 4 rings (SSSR count). The van der Waals surface area contributed by atoms with Crippen molar-refractivity contribution in [2.24, 2.45) is 0 Å². The predicted molar refractivity (Wildman–Crippen MR) is 117 cm³/mol. The van der Waals surface area contributed by atoms with Gasteiger partial charge in [-0.15, -0.1) is 0 Å². The van der Waals surface area contributed by atoms with Crippen molar-refractivity contribution in [2.45, 2.75) is 6.92 Å². The fourth-order valence-electron chi connectivity index (χ4n) is 2.84. The lowest BCUT2D eigenvalue weighted by Gasteiger charge is -2.10. The van der Waals surface area contributed by atoms with Crippen LogP contribution in [-0.4, -0.2) is 15.9 Å². The molecule has 6 nitrogen and oxygen atoms in total. The first-order chi connectivity index (χ1) is 14.7. The van der Waals surface area contributed by atoms with Gasteiger partial charge in [-0.3, -0.25) is 4.79 Å². The van der Waals surface area contributed by atoms with E-state index in [-0.39, 0.29) is 11.6 Å². The minimum absolute atomic E-state index is 0.290. The third-order valence-corrected chi connectivity index (χ3v) is 4.21. The molecule has 2 N–H and O–H groups in total. The smallest absolute Gasteiger partial charge is 0.274 e. The van der Waals surface area contributed by atoms with Gasteiger partial charge < -0.3 is 15.4 Å². The number of nitrogens with one attached hydrogen (secondary N) is 2. The number of rotatable bonds is 6. The molecule has 0 spiro atoms. The maximum Gasteiger partial charge on any atom is 0.274 e. The summed E-state index contributed by atoms with van der Waals surface area (Å²) in [4.78, 5) is 21.2. The molecule has 1 amide bonds. The summed E-state index contributed by atoms with van der Waals surface area (Å²) in [5.41, 5.74) is 1.82. The molecule has 0 aliphatic carbocycles. The molecule has 0 atom stereocenters. The number of amides is 1. The first kappa shape index (κ1) is 19.1. The summed E-state index contributed by atoms with van der Waals surface area (Å²) in [6, 6.07) is 28.0. The third-order valence-electron chi connectivity index (χ3n) is 4.21. The zero-order chi connectivity index (χ0) is 20.8. The average Bonchev–Trinajstić information content (AvgIpc) is 2.76. The van der Waals surface area contributed by atoms with Gasteiger partial charge in [0.2, 0.25) is 0 Å². The highest BCUT2D eigenvalue weighted by Crippen LogP contribution is 2.24. The van der Waals surface area contributed by atoms with Crippen LogP contribution in [0, 0.1) is 6.92 Å². The van der Waals surface area contributed by atoms with Crippen molar-refractivity contribution in [2.75, 3.05) is 10.6 Å². The molecule has 0 radical (unpaired) electrons. The third kappa shape index (κ3) is 4.99. The number of hydrogen-bond acceptors (Lipinski definition) is 5. The highest BCUT2D eigenvalue weighted by molar-refractivity contribution is 6.03. The Morgan fingerprint density at radius 2 is 1.40 bits per heavy atom. The van der Waals surface area contributed by atoms with Crippen LogP contribution in [0.4, 0.5) is 17.2 Å². The normalized spacial score (nSPS) is 10.3. The monoisotopic (exact) mass is 396 g/mol. The maximum atomic E-state index is 12.5. The highest BCUT2D eigenvalue weighted by atomic mass is 16.5. The van der Waals surface area contributed by atoms with Gasteiger partial charge in [0.15, 0.2) is 0 Å². The highest BCUT2D eigenvalue weighted by Gasteiger charge is 2.11. The first-order valence-corrected chi connectivity index (χ1v) is 9.48. The van der Waals surface area contributed by atoms with Crippen molar-refractivity contribution >= 4 is 23.1 Å². The second-order valence-corrected chi connectivity index (χ2v) is 6.57. The van der Waals surface area contributed by atoms with E-state index in [1.165, 1.54) is 0 Å². The number of carbonyl (C=O) groups is 1. The molecule has 30 heavy (non-hydrogen) atoms. The lowest BCUT2D eigenvalue weighted by molar-refractivity contribution is 0.102. The Morgan fingerprint density at radius 3 is 2.10 bits per heavy atom. The van der Waals surface area contributed by atoms with Crippen LogP contribution < -0.4 is 15.4 Å². The van der Waals surface area contributed by atoms with E-state index >= 15 is 0 Å². The van der Waals surface area contributed by atoms with Crippen LogP contribution in [0.25, 0.3) is 0 Å². The Kier molecular flexibility index (Phi) is 5.66. The van der Waals surface area contributed by atoms with Crippen LogP contribution in [0.15, 0.2) is 91.0 Å². The van der Waals surface area contributed by atoms with E-state index in [2.05, 4.69) is 20.6 Å². The van der Waals surface area contributed by atoms with Gasteiger partial charge >= 0.3 is 0 Å². The van der Waals surface area contributed by atoms with E-state index in [4.69, 9.17) is 4.74 Å². The summed E-state index contributed by atoms with van der Waals surface area (Å²) >= 11 is 0. The van der Waals surface area contributed by atoms with Crippen LogP contribution in [-0.2, 0) is 0 Å². The zero-order valence-electron chi connectivity index (χ0n) is 16.4. The van der Waals surface area contributed by atoms with Crippen LogP contribution in [0.5, 0.6) is 11.5 Å². The lowest BCUT2D eigenvalue weighted by Crippen LogP contribution is -2.15. The molecule has 0 fully saturated rings. The van der Waals surface area contributed by atoms with Gasteiger partial charge in [-0.2, -0.15) is 0 Å². The Morgan fingerprint density at radius 1 is 0.767 bits per heavy atom. The minimum Gasteiger partial charge on any atom is -0.457 e. The molecule has 148 valence electrons. The van der Waals surface area contributed by atoms with Crippen LogP contribution in [0.2, 0.25) is 0 Å². The molecule has 0 saturated heterocycles. The number of ether oxygens (including phenoxy) is 1. The van der Waals surface area contributed by atoms with Gasteiger partial charge in [-0.25, -0.2) is 9.97 Å². The number of aryl methyl sites for hydroxylation is 1.